The van der Waals surface area contributed by atoms with Gasteiger partial charge in [0.2, 0.25) is 5.91 Å². The van der Waals surface area contributed by atoms with E-state index < -0.39 is 0 Å². The molecule has 1 aromatic heterocycles. The first-order chi connectivity index (χ1) is 15.2. The normalized spacial score (nSPS) is 13.8. The van der Waals surface area contributed by atoms with Crippen molar-refractivity contribution in [2.45, 2.75) is 32.7 Å². The number of likely N-dealkylation sites (tertiary alicyclic amines) is 1. The van der Waals surface area contributed by atoms with Gasteiger partial charge in [0.05, 0.1) is 29.7 Å². The highest BCUT2D eigenvalue weighted by Crippen LogP contribution is 2.17. The summed E-state index contributed by atoms with van der Waals surface area (Å²) >= 11 is 0. The molecule has 2 aromatic carbocycles. The Labute approximate surface area is 181 Å². The molecule has 0 saturated carbocycles. The van der Waals surface area contributed by atoms with Gasteiger partial charge >= 0.3 is 0 Å². The molecule has 3 aromatic rings. The Morgan fingerprint density at radius 2 is 1.90 bits per heavy atom. The Hall–Kier alpha value is -3.19. The highest BCUT2D eigenvalue weighted by molar-refractivity contribution is 5.78. The van der Waals surface area contributed by atoms with E-state index in [4.69, 9.17) is 9.72 Å². The van der Waals surface area contributed by atoms with Crippen LogP contribution >= 0.6 is 0 Å². The van der Waals surface area contributed by atoms with Gasteiger partial charge in [-0.25, -0.2) is 4.98 Å². The zero-order chi connectivity index (χ0) is 21.6. The summed E-state index contributed by atoms with van der Waals surface area (Å²) in [4.78, 5) is 31.8. The summed E-state index contributed by atoms with van der Waals surface area (Å²) in [5.74, 6) is 1.75. The van der Waals surface area contributed by atoms with Gasteiger partial charge in [0.1, 0.15) is 12.3 Å². The lowest BCUT2D eigenvalue weighted by Crippen LogP contribution is -2.83. The van der Waals surface area contributed by atoms with Crippen molar-refractivity contribution in [1.82, 2.24) is 14.5 Å². The Morgan fingerprint density at radius 1 is 1.10 bits per heavy atom. The lowest BCUT2D eigenvalue weighted by molar-refractivity contribution is -0.672. The molecular formula is C24H29N4O3+. The van der Waals surface area contributed by atoms with Gasteiger partial charge < -0.3 is 15.0 Å². The van der Waals surface area contributed by atoms with Crippen molar-refractivity contribution < 1.29 is 14.8 Å². The van der Waals surface area contributed by atoms with Crippen LogP contribution in [0.3, 0.4) is 0 Å². The summed E-state index contributed by atoms with van der Waals surface area (Å²) < 4.78 is 7.22. The number of para-hydroxylation sites is 1. The van der Waals surface area contributed by atoms with E-state index >= 15 is 0 Å². The summed E-state index contributed by atoms with van der Waals surface area (Å²) in [7, 11) is 0. The number of hydrogen-bond donors (Lipinski definition) is 1. The van der Waals surface area contributed by atoms with E-state index in [2.05, 4.69) is 5.32 Å². The minimum atomic E-state index is -0.0687. The summed E-state index contributed by atoms with van der Waals surface area (Å²) in [6.07, 6.45) is 2.57. The summed E-state index contributed by atoms with van der Waals surface area (Å²) in [5.41, 5.74) is 1.42. The molecule has 162 valence electrons. The molecule has 1 aliphatic heterocycles. The molecule has 0 spiro atoms. The number of carbonyl (C=O) groups excluding carboxylic acids is 1. The van der Waals surface area contributed by atoms with E-state index in [1.165, 1.54) is 0 Å². The minimum absolute atomic E-state index is 0.0687. The molecule has 2 N–H and O–H groups in total. The highest BCUT2D eigenvalue weighted by atomic mass is 16.5. The summed E-state index contributed by atoms with van der Waals surface area (Å²) in [6, 6.07) is 15.0. The average molecular weight is 422 g/mol. The first kappa shape index (κ1) is 21.1. The Morgan fingerprint density at radius 3 is 2.65 bits per heavy atom. The molecule has 0 bridgehead atoms. The second kappa shape index (κ2) is 9.75. The number of aromatic nitrogens is 2. The Kier molecular flexibility index (Phi) is 6.62. The molecule has 1 saturated heterocycles. The van der Waals surface area contributed by atoms with Gasteiger partial charge in [0.15, 0.2) is 5.82 Å². The molecule has 1 fully saturated rings. The largest absolute Gasteiger partial charge is 0.494 e. The van der Waals surface area contributed by atoms with Crippen LogP contribution in [0.4, 0.5) is 0 Å². The van der Waals surface area contributed by atoms with Gasteiger partial charge in [0, 0.05) is 25.9 Å². The molecule has 1 aliphatic rings. The van der Waals surface area contributed by atoms with E-state index in [1.54, 1.807) is 4.57 Å². The second-order valence-corrected chi connectivity index (χ2v) is 7.73. The fourth-order valence-corrected chi connectivity index (χ4v) is 4.04. The lowest BCUT2D eigenvalue weighted by atomic mass is 10.2. The molecule has 1 amide bonds. The number of ether oxygens (including phenoxy) is 1. The van der Waals surface area contributed by atoms with Gasteiger partial charge in [-0.15, -0.1) is 0 Å². The predicted octanol–water partition coefficient (Wildman–Crippen LogP) is 1.86. The Bertz CT molecular complexity index is 1110. The maximum absolute atomic E-state index is 13.3. The minimum Gasteiger partial charge on any atom is -0.494 e. The van der Waals surface area contributed by atoms with Crippen molar-refractivity contribution in [3.05, 3.63) is 64.7 Å². The molecule has 0 atom stereocenters. The molecule has 0 unspecified atom stereocenters. The average Bonchev–Trinajstić information content (AvgIpc) is 3.19. The quantitative estimate of drug-likeness (QED) is 0.535. The van der Waals surface area contributed by atoms with Crippen LogP contribution < -0.4 is 15.6 Å². The van der Waals surface area contributed by atoms with E-state index in [0.29, 0.717) is 36.3 Å². The van der Waals surface area contributed by atoms with E-state index in [0.717, 1.165) is 43.9 Å². The number of nitrogens with two attached hydrogens (primary N) is 1. The standard InChI is InChI=1S/C24H28N4O3/c1-2-31-19-12-10-18(11-13-19)28-22(26-21-8-4-3-7-20(21)24(28)30)17-25-14-6-16-27-15-5-9-23(27)29/h3-4,7-8,10-13,25H,2,5-6,9,14-17H2,1H3/p+1. The first-order valence-electron chi connectivity index (χ1n) is 11.0. The van der Waals surface area contributed by atoms with Crippen molar-refractivity contribution in [1.29, 1.82) is 0 Å². The number of carbonyl (C=O) groups is 1. The van der Waals surface area contributed by atoms with Crippen LogP contribution in [0.15, 0.2) is 53.3 Å². The molecule has 7 nitrogen and oxygen atoms in total. The van der Waals surface area contributed by atoms with Gasteiger partial charge in [-0.3, -0.25) is 14.2 Å². The SMILES string of the molecule is CCOc1ccc(-n2c(C[NH2+]CCCN3CCCC3=O)nc3ccccc3c2=O)cc1. The third kappa shape index (κ3) is 4.77. The highest BCUT2D eigenvalue weighted by Gasteiger charge is 2.19. The summed E-state index contributed by atoms with van der Waals surface area (Å²) in [6.45, 7) is 5.67. The molecule has 7 heteroatoms. The number of quaternary nitrogens is 1. The van der Waals surface area contributed by atoms with Gasteiger partial charge in [-0.1, -0.05) is 12.1 Å². The molecular weight excluding hydrogens is 392 g/mol. The van der Waals surface area contributed by atoms with E-state index in [-0.39, 0.29) is 11.5 Å². The maximum atomic E-state index is 13.3. The van der Waals surface area contributed by atoms with Crippen LogP contribution in [0, 0.1) is 0 Å². The van der Waals surface area contributed by atoms with Crippen LogP contribution in [0.5, 0.6) is 5.75 Å². The number of fused-ring (bicyclic) bond motifs is 1. The van der Waals surface area contributed by atoms with Crippen LogP contribution in [0.25, 0.3) is 16.6 Å². The first-order valence-corrected chi connectivity index (χ1v) is 11.0. The van der Waals surface area contributed by atoms with Crippen molar-refractivity contribution in [3.63, 3.8) is 0 Å². The Balaban J connectivity index is 1.54. The van der Waals surface area contributed by atoms with Crippen LogP contribution in [0.1, 0.15) is 32.0 Å². The smallest absolute Gasteiger partial charge is 0.266 e. The molecule has 4 rings (SSSR count). The second-order valence-electron chi connectivity index (χ2n) is 7.73. The topological polar surface area (TPSA) is 81.0 Å². The fourth-order valence-electron chi connectivity index (χ4n) is 4.04. The van der Waals surface area contributed by atoms with E-state index in [9.17, 15) is 9.59 Å². The lowest BCUT2D eigenvalue weighted by Gasteiger charge is -2.15. The number of amides is 1. The molecule has 0 radical (unpaired) electrons. The molecule has 0 aliphatic carbocycles. The van der Waals surface area contributed by atoms with Crippen LogP contribution in [0.2, 0.25) is 0 Å². The summed E-state index contributed by atoms with van der Waals surface area (Å²) in [5, 5.41) is 2.76. The van der Waals surface area contributed by atoms with Crippen molar-refractivity contribution in [2.75, 3.05) is 26.2 Å². The number of nitrogens with zero attached hydrogens (tertiary/aromatic N) is 3. The van der Waals surface area contributed by atoms with Crippen LogP contribution in [-0.2, 0) is 11.3 Å². The number of benzene rings is 2. The molecule has 2 heterocycles. The van der Waals surface area contributed by atoms with Crippen molar-refractivity contribution >= 4 is 16.8 Å². The predicted molar refractivity (Wildman–Crippen MR) is 119 cm³/mol. The van der Waals surface area contributed by atoms with Gasteiger partial charge in [-0.2, -0.15) is 0 Å². The monoisotopic (exact) mass is 421 g/mol. The molecule has 31 heavy (non-hydrogen) atoms. The zero-order valence-electron chi connectivity index (χ0n) is 17.9. The third-order valence-electron chi connectivity index (χ3n) is 5.59. The van der Waals surface area contributed by atoms with Crippen molar-refractivity contribution in [2.24, 2.45) is 0 Å². The van der Waals surface area contributed by atoms with Gasteiger partial charge in [-0.05, 0) is 49.7 Å². The number of rotatable bonds is 9. The van der Waals surface area contributed by atoms with Crippen LogP contribution in [-0.4, -0.2) is 46.6 Å². The van der Waals surface area contributed by atoms with Gasteiger partial charge in [0.25, 0.3) is 5.56 Å². The fraction of sp³-hybridized carbons (Fsp3) is 0.375. The maximum Gasteiger partial charge on any atom is 0.266 e. The number of hydrogen-bond acceptors (Lipinski definition) is 4. The third-order valence-corrected chi connectivity index (χ3v) is 5.59. The van der Waals surface area contributed by atoms with E-state index in [1.807, 2.05) is 60.4 Å². The van der Waals surface area contributed by atoms with Crippen molar-refractivity contribution in [3.8, 4) is 11.4 Å². The zero-order valence-corrected chi connectivity index (χ0v) is 17.9.